The summed E-state index contributed by atoms with van der Waals surface area (Å²) < 4.78 is 0. The van der Waals surface area contributed by atoms with Crippen molar-refractivity contribution in [3.05, 3.63) is 0 Å². The number of nitrogens with two attached hydrogens (primary N) is 1. The highest BCUT2D eigenvalue weighted by atomic mass is 15.0. The lowest BCUT2D eigenvalue weighted by Crippen LogP contribution is -2.49. The van der Waals surface area contributed by atoms with Gasteiger partial charge < -0.3 is 11.1 Å². The minimum Gasteiger partial charge on any atom is -0.329 e. The van der Waals surface area contributed by atoms with Crippen molar-refractivity contribution in [2.45, 2.75) is 44.6 Å². The van der Waals surface area contributed by atoms with Gasteiger partial charge in [0.25, 0.3) is 0 Å². The van der Waals surface area contributed by atoms with E-state index in [0.717, 1.165) is 13.1 Å². The van der Waals surface area contributed by atoms with Crippen LogP contribution in [0.1, 0.15) is 39.0 Å². The summed E-state index contributed by atoms with van der Waals surface area (Å²) in [5.74, 6) is 0. The van der Waals surface area contributed by atoms with Gasteiger partial charge >= 0.3 is 0 Å². The summed E-state index contributed by atoms with van der Waals surface area (Å²) in [6, 6.07) is 0. The first-order valence-electron chi connectivity index (χ1n) is 4.78. The van der Waals surface area contributed by atoms with Crippen molar-refractivity contribution >= 4 is 0 Å². The Bertz CT molecular complexity index is 106. The molecule has 0 spiro atoms. The fourth-order valence-electron chi connectivity index (χ4n) is 1.90. The Kier molecular flexibility index (Phi) is 3.34. The van der Waals surface area contributed by atoms with Crippen molar-refractivity contribution in [1.82, 2.24) is 5.32 Å². The molecule has 0 amide bonds. The van der Waals surface area contributed by atoms with Crippen LogP contribution in [0, 0.1) is 0 Å². The number of hydrogen-bond acceptors (Lipinski definition) is 2. The molecule has 0 heterocycles. The molecule has 0 bridgehead atoms. The van der Waals surface area contributed by atoms with Crippen LogP contribution in [0.3, 0.4) is 0 Å². The molecule has 2 heteroatoms. The maximum Gasteiger partial charge on any atom is 0.0304 e. The quantitative estimate of drug-likeness (QED) is 0.643. The minimum atomic E-state index is 0.315. The fraction of sp³-hybridized carbons (Fsp3) is 1.00. The topological polar surface area (TPSA) is 38.0 Å². The third-order valence-corrected chi connectivity index (χ3v) is 2.70. The van der Waals surface area contributed by atoms with E-state index in [-0.39, 0.29) is 0 Å². The molecule has 1 aliphatic rings. The zero-order chi connectivity index (χ0) is 8.16. The molecule has 1 rings (SSSR count). The van der Waals surface area contributed by atoms with E-state index < -0.39 is 0 Å². The highest BCUT2D eigenvalue weighted by molar-refractivity contribution is 4.93. The lowest BCUT2D eigenvalue weighted by atomic mass is 9.98. The second-order valence-electron chi connectivity index (χ2n) is 3.62. The van der Waals surface area contributed by atoms with Crippen LogP contribution in [-0.4, -0.2) is 18.6 Å². The van der Waals surface area contributed by atoms with Crippen LogP contribution in [0.25, 0.3) is 0 Å². The molecule has 0 aromatic rings. The van der Waals surface area contributed by atoms with Crippen LogP contribution in [0.15, 0.2) is 0 Å². The normalized spacial score (nSPS) is 22.4. The lowest BCUT2D eigenvalue weighted by molar-refractivity contribution is 0.342. The summed E-state index contributed by atoms with van der Waals surface area (Å²) in [5.41, 5.74) is 6.06. The van der Waals surface area contributed by atoms with Gasteiger partial charge in [-0.1, -0.05) is 19.8 Å². The van der Waals surface area contributed by atoms with Gasteiger partial charge in [-0.25, -0.2) is 0 Å². The van der Waals surface area contributed by atoms with Crippen molar-refractivity contribution in [3.8, 4) is 0 Å². The molecule has 0 aromatic carbocycles. The Morgan fingerprint density at radius 3 is 2.45 bits per heavy atom. The van der Waals surface area contributed by atoms with Gasteiger partial charge in [0, 0.05) is 12.1 Å². The Hall–Kier alpha value is -0.0800. The van der Waals surface area contributed by atoms with Gasteiger partial charge in [-0.05, 0) is 25.8 Å². The van der Waals surface area contributed by atoms with Crippen LogP contribution >= 0.6 is 0 Å². The van der Waals surface area contributed by atoms with E-state index in [1.807, 2.05) is 0 Å². The zero-order valence-electron chi connectivity index (χ0n) is 7.53. The predicted molar refractivity (Wildman–Crippen MR) is 48.5 cm³/mol. The van der Waals surface area contributed by atoms with Gasteiger partial charge in [0.15, 0.2) is 0 Å². The minimum absolute atomic E-state index is 0.315. The fourth-order valence-corrected chi connectivity index (χ4v) is 1.90. The lowest BCUT2D eigenvalue weighted by Gasteiger charge is -2.28. The summed E-state index contributed by atoms with van der Waals surface area (Å²) >= 11 is 0. The third-order valence-electron chi connectivity index (χ3n) is 2.70. The standard InChI is InChI=1S/C9H20N2/c1-2-7-11-9(8-10)5-3-4-6-9/h11H,2-8,10H2,1H3. The van der Waals surface area contributed by atoms with E-state index in [9.17, 15) is 0 Å². The maximum atomic E-state index is 5.75. The smallest absolute Gasteiger partial charge is 0.0304 e. The second-order valence-corrected chi connectivity index (χ2v) is 3.62. The molecule has 11 heavy (non-hydrogen) atoms. The van der Waals surface area contributed by atoms with Gasteiger partial charge in [-0.2, -0.15) is 0 Å². The highest BCUT2D eigenvalue weighted by Gasteiger charge is 2.30. The van der Waals surface area contributed by atoms with Crippen molar-refractivity contribution in [1.29, 1.82) is 0 Å². The molecule has 0 aromatic heterocycles. The average molecular weight is 156 g/mol. The van der Waals surface area contributed by atoms with E-state index >= 15 is 0 Å². The Morgan fingerprint density at radius 2 is 2.00 bits per heavy atom. The first kappa shape index (κ1) is 9.01. The van der Waals surface area contributed by atoms with Gasteiger partial charge in [0.05, 0.1) is 0 Å². The van der Waals surface area contributed by atoms with Crippen LogP contribution in [-0.2, 0) is 0 Å². The SMILES string of the molecule is CCCNC1(CN)CCCC1. The van der Waals surface area contributed by atoms with Crippen molar-refractivity contribution in [3.63, 3.8) is 0 Å². The third kappa shape index (κ3) is 2.17. The molecule has 2 nitrogen and oxygen atoms in total. The molecule has 66 valence electrons. The predicted octanol–water partition coefficient (Wildman–Crippen LogP) is 1.26. The van der Waals surface area contributed by atoms with Crippen LogP contribution in [0.5, 0.6) is 0 Å². The van der Waals surface area contributed by atoms with Gasteiger partial charge in [-0.3, -0.25) is 0 Å². The van der Waals surface area contributed by atoms with Crippen molar-refractivity contribution < 1.29 is 0 Å². The van der Waals surface area contributed by atoms with E-state index in [0.29, 0.717) is 5.54 Å². The largest absolute Gasteiger partial charge is 0.329 e. The summed E-state index contributed by atoms with van der Waals surface area (Å²) in [7, 11) is 0. The first-order valence-corrected chi connectivity index (χ1v) is 4.78. The second kappa shape index (κ2) is 4.07. The maximum absolute atomic E-state index is 5.75. The van der Waals surface area contributed by atoms with E-state index in [1.54, 1.807) is 0 Å². The van der Waals surface area contributed by atoms with Crippen LogP contribution < -0.4 is 11.1 Å². The number of nitrogens with one attached hydrogen (secondary N) is 1. The molecule has 0 radical (unpaired) electrons. The van der Waals surface area contributed by atoms with Crippen molar-refractivity contribution in [2.75, 3.05) is 13.1 Å². The Labute approximate surface area is 69.5 Å². The average Bonchev–Trinajstić information content (AvgIpc) is 2.50. The summed E-state index contributed by atoms with van der Waals surface area (Å²) in [4.78, 5) is 0. The Morgan fingerprint density at radius 1 is 1.36 bits per heavy atom. The summed E-state index contributed by atoms with van der Waals surface area (Å²) in [6.45, 7) is 4.14. The molecule has 0 aliphatic heterocycles. The molecular weight excluding hydrogens is 136 g/mol. The van der Waals surface area contributed by atoms with Gasteiger partial charge in [-0.15, -0.1) is 0 Å². The van der Waals surface area contributed by atoms with Crippen LogP contribution in [0.2, 0.25) is 0 Å². The highest BCUT2D eigenvalue weighted by Crippen LogP contribution is 2.28. The van der Waals surface area contributed by atoms with Crippen LogP contribution in [0.4, 0.5) is 0 Å². The van der Waals surface area contributed by atoms with E-state index in [4.69, 9.17) is 5.73 Å². The molecule has 0 saturated heterocycles. The summed E-state index contributed by atoms with van der Waals surface area (Å²) in [5, 5.41) is 3.57. The molecule has 3 N–H and O–H groups in total. The monoisotopic (exact) mass is 156 g/mol. The Balaban J connectivity index is 2.33. The molecule has 1 saturated carbocycles. The van der Waals surface area contributed by atoms with E-state index in [1.165, 1.54) is 32.1 Å². The zero-order valence-corrected chi connectivity index (χ0v) is 7.53. The summed E-state index contributed by atoms with van der Waals surface area (Å²) in [6.07, 6.45) is 6.48. The first-order chi connectivity index (χ1) is 5.33. The van der Waals surface area contributed by atoms with Crippen molar-refractivity contribution in [2.24, 2.45) is 5.73 Å². The molecule has 0 unspecified atom stereocenters. The van der Waals surface area contributed by atoms with E-state index in [2.05, 4.69) is 12.2 Å². The number of hydrogen-bond donors (Lipinski definition) is 2. The molecular formula is C9H20N2. The van der Waals surface area contributed by atoms with Gasteiger partial charge in [0.2, 0.25) is 0 Å². The molecule has 0 atom stereocenters. The molecule has 1 aliphatic carbocycles. The molecule has 1 fully saturated rings. The van der Waals surface area contributed by atoms with Gasteiger partial charge in [0.1, 0.15) is 0 Å². The number of rotatable bonds is 4.